The largest absolute Gasteiger partial charge is 0.444 e. The molecule has 2 aliphatic heterocycles. The van der Waals surface area contributed by atoms with Crippen LogP contribution in [0.15, 0.2) is 134 Å². The van der Waals surface area contributed by atoms with E-state index in [1.165, 1.54) is 24.5 Å². The van der Waals surface area contributed by atoms with Crippen LogP contribution in [0, 0.1) is 23.3 Å². The lowest BCUT2D eigenvalue weighted by molar-refractivity contribution is -0.207. The van der Waals surface area contributed by atoms with Crippen LogP contribution in [0.5, 0.6) is 0 Å². The zero-order valence-electron chi connectivity index (χ0n) is 45.6. The highest BCUT2D eigenvalue weighted by molar-refractivity contribution is 5.70. The summed E-state index contributed by atoms with van der Waals surface area (Å²) in [6, 6.07) is 24.1. The number of benzene rings is 4. The number of carbonyl (C=O) groups excluding carboxylic acids is 1. The lowest BCUT2D eigenvalue weighted by Crippen LogP contribution is -2.50. The number of carbonyl (C=O) groups is 1. The van der Waals surface area contributed by atoms with Crippen molar-refractivity contribution in [2.75, 3.05) is 62.2 Å². The number of aliphatic hydroxyl groups is 2. The highest BCUT2D eigenvalue weighted by Crippen LogP contribution is 2.48. The monoisotopic (exact) mass is 1210 g/mol. The Morgan fingerprint density at radius 1 is 0.570 bits per heavy atom. The highest BCUT2D eigenvalue weighted by atomic mass is 19.3. The fraction of sp³-hybridized carbons (Fsp3) is 0.339. The standard InChI is InChI=1S/C30H31F4N7O3.C25H23F4N7O.CH4.FH2N.FHO/c1-28(2,3)44-27(42)40-14-12-39(13-15-40)23-8-4-20(5-9-23)21-6-11-26(35-17-21)30(33,34)29(43,18-41-19-36-37-38-41)24-10-7-22(31)16-25(24)32;26-19-4-7-21(22(27)13-19)24(37,15-36-16-32-33-34-36)25(28,29)23-8-3-18(14-31-23)17-1-5-20(6-2-17)35-11-9-30-10-12-35;;2*1-2/h4-11,16-17,19,43H,12-15,18H2,1-3H3;1-8,13-14,16,30,37H,9-12,15H2;1H4;2H2;2H/t29-;24-;;;/m00.../s1. The smallest absolute Gasteiger partial charge is 0.410 e. The number of amides is 1. The molecule has 4 aromatic carbocycles. The number of aromatic nitrogens is 10. The van der Waals surface area contributed by atoms with E-state index >= 15 is 17.6 Å². The number of ether oxygens (including phenoxy) is 1. The van der Waals surface area contributed by atoms with Gasteiger partial charge in [0.25, 0.3) is 0 Å². The fourth-order valence-electron chi connectivity index (χ4n) is 9.38. The maximum atomic E-state index is 16.0. The van der Waals surface area contributed by atoms with Gasteiger partial charge in [0.05, 0.1) is 13.1 Å². The van der Waals surface area contributed by atoms with Gasteiger partial charge in [-0.3, -0.25) is 9.97 Å². The first kappa shape index (κ1) is 66.4. The number of hydrogen-bond donors (Lipinski definition) is 5. The van der Waals surface area contributed by atoms with Gasteiger partial charge in [-0.2, -0.15) is 23.5 Å². The van der Waals surface area contributed by atoms with Gasteiger partial charge in [-0.25, -0.2) is 37.0 Å². The van der Waals surface area contributed by atoms with Gasteiger partial charge in [0.2, 0.25) is 0 Å². The number of halogens is 10. The summed E-state index contributed by atoms with van der Waals surface area (Å²) in [7, 11) is 0. The first-order valence-corrected chi connectivity index (χ1v) is 25.8. The fourth-order valence-corrected chi connectivity index (χ4v) is 9.38. The van der Waals surface area contributed by atoms with Gasteiger partial charge < -0.3 is 35.0 Å². The Labute approximate surface area is 486 Å². The molecule has 2 aliphatic rings. The molecule has 10 rings (SSSR count). The van der Waals surface area contributed by atoms with Crippen LogP contribution in [0.25, 0.3) is 22.3 Å². The van der Waals surface area contributed by atoms with Crippen molar-refractivity contribution in [3.8, 4) is 22.3 Å². The number of piperazine rings is 2. The van der Waals surface area contributed by atoms with Crippen molar-refractivity contribution in [3.05, 3.63) is 180 Å². The van der Waals surface area contributed by atoms with E-state index in [1.807, 2.05) is 69.3 Å². The summed E-state index contributed by atoms with van der Waals surface area (Å²) in [5.74, 6) is -9.92. The van der Waals surface area contributed by atoms with Crippen LogP contribution in [0.2, 0.25) is 0 Å². The average Bonchev–Trinajstić information content (AvgIpc) is 0.962. The van der Waals surface area contributed by atoms with Gasteiger partial charge in [0, 0.05) is 111 Å². The quantitative estimate of drug-likeness (QED) is 0.0509. The minimum atomic E-state index is -4.15. The van der Waals surface area contributed by atoms with Crippen molar-refractivity contribution in [2.24, 2.45) is 5.96 Å². The molecule has 2 fully saturated rings. The van der Waals surface area contributed by atoms with E-state index in [4.69, 9.17) is 19.1 Å². The molecule has 30 heteroatoms. The maximum absolute atomic E-state index is 16.0. The summed E-state index contributed by atoms with van der Waals surface area (Å²) < 4.78 is 145. The molecule has 8 aromatic rings. The number of rotatable bonds is 14. The summed E-state index contributed by atoms with van der Waals surface area (Å²) in [4.78, 5) is 26.3. The summed E-state index contributed by atoms with van der Waals surface area (Å²) in [6.45, 7) is 9.49. The van der Waals surface area contributed by atoms with Crippen LogP contribution in [0.1, 0.15) is 50.7 Å². The Bertz CT molecular complexity index is 3400. The van der Waals surface area contributed by atoms with E-state index in [0.717, 1.165) is 102 Å². The lowest BCUT2D eigenvalue weighted by Gasteiger charge is -2.36. The minimum absolute atomic E-state index is 0. The highest BCUT2D eigenvalue weighted by Gasteiger charge is 2.59. The number of anilines is 2. The molecule has 0 unspecified atom stereocenters. The van der Waals surface area contributed by atoms with Gasteiger partial charge in [-0.1, -0.05) is 48.4 Å². The number of pyridine rings is 2. The second kappa shape index (κ2) is 28.5. The van der Waals surface area contributed by atoms with E-state index in [1.54, 1.807) is 4.90 Å². The predicted molar refractivity (Wildman–Crippen MR) is 294 cm³/mol. The number of nitrogens with two attached hydrogens (primary N) is 1. The van der Waals surface area contributed by atoms with Gasteiger partial charge in [0.1, 0.15) is 52.9 Å². The van der Waals surface area contributed by atoms with Crippen molar-refractivity contribution in [2.45, 2.75) is 69.9 Å². The Morgan fingerprint density at radius 2 is 0.953 bits per heavy atom. The molecule has 6 N–H and O–H groups in total. The second-order valence-corrected chi connectivity index (χ2v) is 20.3. The third kappa shape index (κ3) is 15.0. The predicted octanol–water partition coefficient (Wildman–Crippen LogP) is 8.18. The van der Waals surface area contributed by atoms with Crippen LogP contribution in [0.4, 0.5) is 60.3 Å². The minimum Gasteiger partial charge on any atom is -0.444 e. The molecule has 0 spiro atoms. The Morgan fingerprint density at radius 3 is 1.29 bits per heavy atom. The maximum Gasteiger partial charge on any atom is 0.410 e. The SMILES string of the molecule is C.CC(C)(C)OC(=O)N1CCN(c2ccc(-c3ccc(C(F)(F)[C@](O)(Cn4cnnn4)c4ccc(F)cc4F)nc3)cc2)CC1.NF.OF.O[C@@](Cn1cnnn1)(c1ccc(F)cc1F)C(F)(F)c1ccc(-c2ccc(N3CCNCC3)cc2)cn1. The van der Waals surface area contributed by atoms with Gasteiger partial charge in [0.15, 0.2) is 11.2 Å². The number of nitrogens with zero attached hydrogens (tertiary/aromatic N) is 13. The van der Waals surface area contributed by atoms with Crippen molar-refractivity contribution in [1.82, 2.24) is 60.6 Å². The van der Waals surface area contributed by atoms with Crippen molar-refractivity contribution >= 4 is 17.5 Å². The Kier molecular flexibility index (Phi) is 22.0. The number of hydrogen-bond acceptors (Lipinski definition) is 17. The van der Waals surface area contributed by atoms with E-state index in [0.29, 0.717) is 55.0 Å². The third-order valence-corrected chi connectivity index (χ3v) is 13.7. The molecule has 0 saturated carbocycles. The third-order valence-electron chi connectivity index (χ3n) is 13.7. The first-order valence-electron chi connectivity index (χ1n) is 25.8. The van der Waals surface area contributed by atoms with E-state index in [-0.39, 0.29) is 13.5 Å². The van der Waals surface area contributed by atoms with Crippen molar-refractivity contribution in [3.63, 3.8) is 0 Å². The van der Waals surface area contributed by atoms with Gasteiger partial charge >= 0.3 is 17.9 Å². The van der Waals surface area contributed by atoms with E-state index < -0.39 is 87.5 Å². The summed E-state index contributed by atoms with van der Waals surface area (Å²) in [5.41, 5.74) is -5.66. The summed E-state index contributed by atoms with van der Waals surface area (Å²) >= 11 is 0. The van der Waals surface area contributed by atoms with Crippen LogP contribution < -0.4 is 21.1 Å². The molecule has 86 heavy (non-hydrogen) atoms. The topological polar surface area (TPSA) is 248 Å². The van der Waals surface area contributed by atoms with Crippen LogP contribution in [0.3, 0.4) is 0 Å². The average molecular weight is 1210 g/mol. The molecule has 2 saturated heterocycles. The normalized spacial score (nSPS) is 15.0. The molecule has 20 nitrogen and oxygen atoms in total. The van der Waals surface area contributed by atoms with Crippen LogP contribution in [-0.2, 0) is 40.9 Å². The molecular formula is C56H61F10N15O5. The van der Waals surface area contributed by atoms with Crippen molar-refractivity contribution in [1.29, 1.82) is 0 Å². The second-order valence-electron chi connectivity index (χ2n) is 20.3. The van der Waals surface area contributed by atoms with Crippen molar-refractivity contribution < 1.29 is 69.2 Å². The van der Waals surface area contributed by atoms with Gasteiger partial charge in [-0.05, 0) is 113 Å². The molecule has 6 heterocycles. The molecule has 460 valence electrons. The van der Waals surface area contributed by atoms with Gasteiger partial charge in [-0.15, -0.1) is 14.7 Å². The molecule has 2 atom stereocenters. The molecule has 0 bridgehead atoms. The summed E-state index contributed by atoms with van der Waals surface area (Å²) in [6.07, 6.45) is 4.15. The van der Waals surface area contributed by atoms with Crippen LogP contribution >= 0.6 is 0 Å². The molecule has 1 amide bonds. The number of tetrazole rings is 2. The molecular weight excluding hydrogens is 1150 g/mol. The Hall–Kier alpha value is -8.71. The Balaban J connectivity index is 0.000000260. The lowest BCUT2D eigenvalue weighted by atomic mass is 9.84. The number of alkyl halides is 4. The molecule has 4 aromatic heterocycles. The van der Waals surface area contributed by atoms with Crippen LogP contribution in [-0.4, -0.2) is 135 Å². The zero-order valence-corrected chi connectivity index (χ0v) is 45.6. The van der Waals surface area contributed by atoms with E-state index in [2.05, 4.69) is 62.1 Å². The number of nitrogens with one attached hydrogen (secondary N) is 1. The first-order chi connectivity index (χ1) is 40.5. The summed E-state index contributed by atoms with van der Waals surface area (Å²) in [5, 5.41) is 51.9. The molecule has 0 aliphatic carbocycles. The molecule has 0 radical (unpaired) electrons. The van der Waals surface area contributed by atoms with E-state index in [9.17, 15) is 32.6 Å². The zero-order chi connectivity index (χ0) is 61.7.